The first-order valence-corrected chi connectivity index (χ1v) is 8.71. The van der Waals surface area contributed by atoms with Crippen LogP contribution in [0.4, 0.5) is 26.3 Å². The number of hydrogen-bond acceptors (Lipinski definition) is 4. The molecule has 1 aromatic rings. The van der Waals surface area contributed by atoms with Crippen LogP contribution in [0.25, 0.3) is 0 Å². The average Bonchev–Trinajstić information content (AvgIpc) is 2.87. The molecule has 1 saturated heterocycles. The Kier molecular flexibility index (Phi) is 5.30. The molecular formula is C14H13F6NO4S. The SMILES string of the molecule is CCOC1CCC(=O)N1S(=O)(=O)c1cc(C(F)(F)F)cc(C(F)(F)F)c1. The summed E-state index contributed by atoms with van der Waals surface area (Å²) in [7, 11) is -4.97. The van der Waals surface area contributed by atoms with E-state index >= 15 is 0 Å². The summed E-state index contributed by atoms with van der Waals surface area (Å²) in [6.07, 6.45) is -12.0. The van der Waals surface area contributed by atoms with E-state index in [0.29, 0.717) is 0 Å². The number of carbonyl (C=O) groups excluding carboxylic acids is 1. The highest BCUT2D eigenvalue weighted by Crippen LogP contribution is 2.38. The van der Waals surface area contributed by atoms with Crippen LogP contribution in [0.1, 0.15) is 30.9 Å². The molecule has 1 aliphatic rings. The molecule has 146 valence electrons. The van der Waals surface area contributed by atoms with Gasteiger partial charge in [0.15, 0.2) is 0 Å². The molecule has 0 aromatic heterocycles. The minimum absolute atomic E-state index is 0.000356. The number of halogens is 6. The quantitative estimate of drug-likeness (QED) is 0.721. The van der Waals surface area contributed by atoms with Gasteiger partial charge in [0.1, 0.15) is 6.23 Å². The third kappa shape index (κ3) is 3.95. The van der Waals surface area contributed by atoms with Crippen molar-refractivity contribution >= 4 is 15.9 Å². The smallest absolute Gasteiger partial charge is 0.357 e. The van der Waals surface area contributed by atoms with Crippen molar-refractivity contribution in [1.82, 2.24) is 4.31 Å². The van der Waals surface area contributed by atoms with Crippen LogP contribution in [0, 0.1) is 0 Å². The topological polar surface area (TPSA) is 63.7 Å². The molecule has 26 heavy (non-hydrogen) atoms. The predicted octanol–water partition coefficient (Wildman–Crippen LogP) is 3.40. The fourth-order valence-corrected chi connectivity index (χ4v) is 4.07. The summed E-state index contributed by atoms with van der Waals surface area (Å²) in [5, 5.41) is 0. The number of carbonyl (C=O) groups is 1. The van der Waals surface area contributed by atoms with Crippen LogP contribution in [-0.2, 0) is 31.9 Å². The molecule has 0 N–H and O–H groups in total. The van der Waals surface area contributed by atoms with Crippen LogP contribution >= 0.6 is 0 Å². The molecule has 1 aromatic carbocycles. The molecule has 0 spiro atoms. The van der Waals surface area contributed by atoms with Crippen molar-refractivity contribution in [1.29, 1.82) is 0 Å². The van der Waals surface area contributed by atoms with Gasteiger partial charge in [-0.25, -0.2) is 12.7 Å². The fourth-order valence-electron chi connectivity index (χ4n) is 2.46. The number of ether oxygens (including phenoxy) is 1. The lowest BCUT2D eigenvalue weighted by Gasteiger charge is -2.24. The van der Waals surface area contributed by atoms with E-state index in [9.17, 15) is 39.6 Å². The number of amides is 1. The third-order valence-electron chi connectivity index (χ3n) is 3.59. The second-order valence-electron chi connectivity index (χ2n) is 5.38. The molecule has 1 amide bonds. The Labute approximate surface area is 144 Å². The van der Waals surface area contributed by atoms with Gasteiger partial charge in [0.25, 0.3) is 10.0 Å². The number of nitrogens with zero attached hydrogens (tertiary/aromatic N) is 1. The van der Waals surface area contributed by atoms with Crippen LogP contribution in [-0.4, -0.2) is 31.5 Å². The molecule has 0 aliphatic carbocycles. The van der Waals surface area contributed by atoms with E-state index in [-0.39, 0.29) is 42.0 Å². The van der Waals surface area contributed by atoms with Gasteiger partial charge in [-0.3, -0.25) is 4.79 Å². The van der Waals surface area contributed by atoms with Gasteiger partial charge in [0.05, 0.1) is 16.0 Å². The molecule has 5 nitrogen and oxygen atoms in total. The van der Waals surface area contributed by atoms with Gasteiger partial charge in [-0.15, -0.1) is 0 Å². The Bertz CT molecular complexity index is 770. The zero-order valence-electron chi connectivity index (χ0n) is 13.2. The Morgan fingerprint density at radius 1 is 1.08 bits per heavy atom. The van der Waals surface area contributed by atoms with Crippen molar-refractivity contribution in [2.75, 3.05) is 6.61 Å². The summed E-state index contributed by atoms with van der Waals surface area (Å²) in [4.78, 5) is 10.6. The summed E-state index contributed by atoms with van der Waals surface area (Å²) in [6.45, 7) is 1.50. The summed E-state index contributed by atoms with van der Waals surface area (Å²) in [5.74, 6) is -0.963. The number of hydrogen-bond donors (Lipinski definition) is 0. The highest BCUT2D eigenvalue weighted by atomic mass is 32.2. The van der Waals surface area contributed by atoms with Crippen molar-refractivity contribution in [3.05, 3.63) is 29.3 Å². The molecule has 0 radical (unpaired) electrons. The predicted molar refractivity (Wildman–Crippen MR) is 75.1 cm³/mol. The van der Waals surface area contributed by atoms with Crippen LogP contribution in [0.15, 0.2) is 23.1 Å². The average molecular weight is 405 g/mol. The molecule has 2 rings (SSSR count). The summed E-state index contributed by atoms with van der Waals surface area (Å²) in [6, 6.07) is -0.0524. The standard InChI is InChI=1S/C14H13F6NO4S/c1-2-25-12-4-3-11(22)21(12)26(23,24)10-6-8(13(15,16)17)5-9(7-10)14(18,19)20/h5-7,12H,2-4H2,1H3. The third-order valence-corrected chi connectivity index (χ3v) is 5.38. The molecule has 1 heterocycles. The maximum absolute atomic E-state index is 12.9. The van der Waals surface area contributed by atoms with E-state index in [0.717, 1.165) is 0 Å². The van der Waals surface area contributed by atoms with Crippen LogP contribution < -0.4 is 0 Å². The maximum Gasteiger partial charge on any atom is 0.416 e. The summed E-state index contributed by atoms with van der Waals surface area (Å²) in [5.41, 5.74) is -3.57. The van der Waals surface area contributed by atoms with Crippen molar-refractivity contribution in [2.45, 2.75) is 43.2 Å². The Balaban J connectivity index is 2.63. The molecule has 1 unspecified atom stereocenters. The van der Waals surface area contributed by atoms with E-state index in [4.69, 9.17) is 4.74 Å². The molecule has 1 atom stereocenters. The van der Waals surface area contributed by atoms with Gasteiger partial charge < -0.3 is 4.74 Å². The summed E-state index contributed by atoms with van der Waals surface area (Å²) >= 11 is 0. The lowest BCUT2D eigenvalue weighted by molar-refractivity contribution is -0.143. The first-order chi connectivity index (χ1) is 11.8. The lowest BCUT2D eigenvalue weighted by Crippen LogP contribution is -2.40. The fraction of sp³-hybridized carbons (Fsp3) is 0.500. The monoisotopic (exact) mass is 405 g/mol. The molecule has 0 bridgehead atoms. The van der Waals surface area contributed by atoms with Gasteiger partial charge in [-0.05, 0) is 25.1 Å². The van der Waals surface area contributed by atoms with Gasteiger partial charge in [0, 0.05) is 19.4 Å². The second kappa shape index (κ2) is 6.72. The normalized spacial score (nSPS) is 19.3. The molecule has 1 aliphatic heterocycles. The number of sulfonamides is 1. The zero-order chi connectivity index (χ0) is 19.9. The van der Waals surface area contributed by atoms with Gasteiger partial charge in [-0.1, -0.05) is 0 Å². The maximum atomic E-state index is 12.9. The van der Waals surface area contributed by atoms with E-state index < -0.39 is 50.5 Å². The molecular weight excluding hydrogens is 392 g/mol. The molecule has 0 saturated carbocycles. The largest absolute Gasteiger partial charge is 0.416 e. The van der Waals surface area contributed by atoms with Crippen LogP contribution in [0.3, 0.4) is 0 Å². The van der Waals surface area contributed by atoms with Gasteiger partial charge in [-0.2, -0.15) is 26.3 Å². The van der Waals surface area contributed by atoms with Crippen molar-refractivity contribution in [3.63, 3.8) is 0 Å². The number of alkyl halides is 6. The first kappa shape index (κ1) is 20.5. The number of rotatable bonds is 4. The van der Waals surface area contributed by atoms with E-state index in [1.165, 1.54) is 6.92 Å². The summed E-state index contributed by atoms with van der Waals surface area (Å²) < 4.78 is 108. The van der Waals surface area contributed by atoms with E-state index in [1.54, 1.807) is 0 Å². The van der Waals surface area contributed by atoms with E-state index in [1.807, 2.05) is 0 Å². The van der Waals surface area contributed by atoms with Crippen LogP contribution in [0.2, 0.25) is 0 Å². The van der Waals surface area contributed by atoms with Crippen LogP contribution in [0.5, 0.6) is 0 Å². The van der Waals surface area contributed by atoms with Crippen molar-refractivity contribution in [3.8, 4) is 0 Å². The minimum atomic E-state index is -5.21. The Morgan fingerprint density at radius 2 is 1.58 bits per heavy atom. The highest BCUT2D eigenvalue weighted by Gasteiger charge is 2.44. The van der Waals surface area contributed by atoms with Gasteiger partial charge in [0.2, 0.25) is 5.91 Å². The van der Waals surface area contributed by atoms with Crippen molar-refractivity contribution < 1.29 is 44.3 Å². The van der Waals surface area contributed by atoms with E-state index in [2.05, 4.69) is 0 Å². The minimum Gasteiger partial charge on any atom is -0.357 e. The lowest BCUT2D eigenvalue weighted by atomic mass is 10.1. The highest BCUT2D eigenvalue weighted by molar-refractivity contribution is 7.89. The van der Waals surface area contributed by atoms with Crippen molar-refractivity contribution in [2.24, 2.45) is 0 Å². The second-order valence-corrected chi connectivity index (χ2v) is 7.20. The molecule has 12 heteroatoms. The Morgan fingerprint density at radius 3 is 2.00 bits per heavy atom. The molecule has 1 fully saturated rings. The zero-order valence-corrected chi connectivity index (χ0v) is 14.0. The van der Waals surface area contributed by atoms with Gasteiger partial charge >= 0.3 is 12.4 Å². The Hall–Kier alpha value is -1.82. The number of benzene rings is 1. The first-order valence-electron chi connectivity index (χ1n) is 7.27.